The van der Waals surface area contributed by atoms with E-state index in [9.17, 15) is 8.42 Å². The summed E-state index contributed by atoms with van der Waals surface area (Å²) < 4.78 is 34.4. The fourth-order valence-electron chi connectivity index (χ4n) is 2.69. The molecule has 0 spiro atoms. The summed E-state index contributed by atoms with van der Waals surface area (Å²) in [6.45, 7) is 5.98. The highest BCUT2D eigenvalue weighted by molar-refractivity contribution is 9.10. The zero-order valence-corrected chi connectivity index (χ0v) is 16.7. The Bertz CT molecular complexity index is 834. The van der Waals surface area contributed by atoms with Gasteiger partial charge in [0.1, 0.15) is 10.6 Å². The number of sulfonamides is 1. The maximum Gasteiger partial charge on any atom is 0.244 e. The number of ether oxygens (including phenoxy) is 1. The molecule has 2 aromatic carbocycles. The van der Waals surface area contributed by atoms with Crippen molar-refractivity contribution in [1.29, 1.82) is 0 Å². The van der Waals surface area contributed by atoms with Crippen LogP contribution >= 0.6 is 15.9 Å². The number of aryl methyl sites for hydroxylation is 2. The van der Waals surface area contributed by atoms with Crippen molar-refractivity contribution in [1.82, 2.24) is 4.72 Å². The van der Waals surface area contributed by atoms with E-state index >= 15 is 0 Å². The first-order valence-corrected chi connectivity index (χ1v) is 9.99. The second-order valence-corrected chi connectivity index (χ2v) is 8.34. The van der Waals surface area contributed by atoms with Crippen LogP contribution in [-0.4, -0.2) is 15.5 Å². The van der Waals surface area contributed by atoms with Gasteiger partial charge in [-0.25, -0.2) is 13.1 Å². The fourth-order valence-corrected chi connectivity index (χ4v) is 4.70. The zero-order chi connectivity index (χ0) is 17.9. The van der Waals surface area contributed by atoms with E-state index in [-0.39, 0.29) is 10.9 Å². The largest absolute Gasteiger partial charge is 0.495 e. The van der Waals surface area contributed by atoms with E-state index < -0.39 is 10.0 Å². The lowest BCUT2D eigenvalue weighted by Gasteiger charge is -2.21. The number of hydrogen-bond acceptors (Lipinski definition) is 3. The van der Waals surface area contributed by atoms with E-state index in [0.717, 1.165) is 16.7 Å². The van der Waals surface area contributed by atoms with Crippen LogP contribution in [0, 0.1) is 13.8 Å². The van der Waals surface area contributed by atoms with Gasteiger partial charge in [-0.3, -0.25) is 0 Å². The third-order valence-corrected chi connectivity index (χ3v) is 5.91. The molecule has 0 fully saturated rings. The zero-order valence-electron chi connectivity index (χ0n) is 14.3. The van der Waals surface area contributed by atoms with Crippen LogP contribution in [-0.2, 0) is 10.0 Å². The SMILES string of the molecule is CC[C@@H](NS(=O)(=O)c1cc(Br)ccc1OC)c1ccc(C)cc1C. The van der Waals surface area contributed by atoms with Gasteiger partial charge in [0, 0.05) is 10.5 Å². The lowest BCUT2D eigenvalue weighted by atomic mass is 9.98. The van der Waals surface area contributed by atoms with Gasteiger partial charge in [0.2, 0.25) is 10.0 Å². The molecule has 1 N–H and O–H groups in total. The third-order valence-electron chi connectivity index (χ3n) is 3.92. The van der Waals surface area contributed by atoms with E-state index in [2.05, 4.69) is 26.7 Å². The van der Waals surface area contributed by atoms with Crippen molar-refractivity contribution < 1.29 is 13.2 Å². The smallest absolute Gasteiger partial charge is 0.244 e. The molecule has 6 heteroatoms. The van der Waals surface area contributed by atoms with Gasteiger partial charge in [-0.2, -0.15) is 0 Å². The quantitative estimate of drug-likeness (QED) is 0.760. The molecule has 0 aromatic heterocycles. The second-order valence-electron chi connectivity index (χ2n) is 5.74. The van der Waals surface area contributed by atoms with Crippen LogP contribution in [0.4, 0.5) is 0 Å². The fraction of sp³-hybridized carbons (Fsp3) is 0.333. The molecule has 0 amide bonds. The Kier molecular flexibility index (Phi) is 6.06. The Labute approximate surface area is 152 Å². The maximum absolute atomic E-state index is 12.9. The van der Waals surface area contributed by atoms with Crippen LogP contribution in [0.3, 0.4) is 0 Å². The van der Waals surface area contributed by atoms with E-state index in [4.69, 9.17) is 4.74 Å². The van der Waals surface area contributed by atoms with Crippen molar-refractivity contribution in [2.75, 3.05) is 7.11 Å². The summed E-state index contributed by atoms with van der Waals surface area (Å²) in [5, 5.41) is 0. The van der Waals surface area contributed by atoms with Crippen LogP contribution < -0.4 is 9.46 Å². The molecule has 130 valence electrons. The molecule has 4 nitrogen and oxygen atoms in total. The van der Waals surface area contributed by atoms with E-state index in [0.29, 0.717) is 16.6 Å². The Morgan fingerprint density at radius 3 is 2.46 bits per heavy atom. The average Bonchev–Trinajstić information content (AvgIpc) is 2.53. The Morgan fingerprint density at radius 1 is 1.17 bits per heavy atom. The lowest BCUT2D eigenvalue weighted by molar-refractivity contribution is 0.401. The van der Waals surface area contributed by atoms with Crippen molar-refractivity contribution >= 4 is 26.0 Å². The highest BCUT2D eigenvalue weighted by atomic mass is 79.9. The summed E-state index contributed by atoms with van der Waals surface area (Å²) in [6.07, 6.45) is 0.652. The maximum atomic E-state index is 12.9. The van der Waals surface area contributed by atoms with E-state index in [1.165, 1.54) is 7.11 Å². The normalized spacial score (nSPS) is 12.9. The second kappa shape index (κ2) is 7.68. The number of methoxy groups -OCH3 is 1. The number of nitrogens with one attached hydrogen (secondary N) is 1. The summed E-state index contributed by atoms with van der Waals surface area (Å²) in [5.41, 5.74) is 3.22. The first-order chi connectivity index (χ1) is 11.3. The molecule has 0 heterocycles. The van der Waals surface area contributed by atoms with Crippen LogP contribution in [0.2, 0.25) is 0 Å². The molecule has 1 atom stereocenters. The van der Waals surface area contributed by atoms with Crippen LogP contribution in [0.25, 0.3) is 0 Å². The molecule has 0 bridgehead atoms. The van der Waals surface area contributed by atoms with Gasteiger partial charge in [0.25, 0.3) is 0 Å². The summed E-state index contributed by atoms with van der Waals surface area (Å²) in [7, 11) is -2.25. The van der Waals surface area contributed by atoms with Gasteiger partial charge in [-0.05, 0) is 49.6 Å². The molecule has 24 heavy (non-hydrogen) atoms. The van der Waals surface area contributed by atoms with Crippen LogP contribution in [0.15, 0.2) is 45.8 Å². The average molecular weight is 412 g/mol. The molecule has 0 aliphatic rings. The Hall–Kier alpha value is -1.37. The van der Waals surface area contributed by atoms with Crippen molar-refractivity contribution in [3.63, 3.8) is 0 Å². The Balaban J connectivity index is 2.41. The molecule has 2 aromatic rings. The molecule has 0 aliphatic heterocycles. The van der Waals surface area contributed by atoms with Crippen molar-refractivity contribution in [2.24, 2.45) is 0 Å². The predicted molar refractivity (Wildman–Crippen MR) is 100.0 cm³/mol. The number of halogens is 1. The minimum atomic E-state index is -3.72. The minimum Gasteiger partial charge on any atom is -0.495 e. The van der Waals surface area contributed by atoms with Gasteiger partial charge < -0.3 is 4.74 Å². The predicted octanol–water partition coefficient (Wildman–Crippen LogP) is 4.50. The van der Waals surface area contributed by atoms with Crippen LogP contribution in [0.1, 0.15) is 36.1 Å². The van der Waals surface area contributed by atoms with E-state index in [1.807, 2.05) is 32.9 Å². The summed E-state index contributed by atoms with van der Waals surface area (Å²) in [5.74, 6) is 0.321. The topological polar surface area (TPSA) is 55.4 Å². The summed E-state index contributed by atoms with van der Waals surface area (Å²) in [4.78, 5) is 0.127. The minimum absolute atomic E-state index is 0.127. The van der Waals surface area contributed by atoms with Crippen molar-refractivity contribution in [3.8, 4) is 5.75 Å². The van der Waals surface area contributed by atoms with E-state index in [1.54, 1.807) is 18.2 Å². The molecule has 0 saturated carbocycles. The lowest BCUT2D eigenvalue weighted by Crippen LogP contribution is -2.29. The highest BCUT2D eigenvalue weighted by Gasteiger charge is 2.24. The molecule has 0 aliphatic carbocycles. The monoisotopic (exact) mass is 411 g/mol. The summed E-state index contributed by atoms with van der Waals surface area (Å²) >= 11 is 3.32. The molecule has 0 radical (unpaired) electrons. The number of rotatable bonds is 6. The van der Waals surface area contributed by atoms with Crippen LogP contribution in [0.5, 0.6) is 5.75 Å². The molecule has 0 saturated heterocycles. The summed E-state index contributed by atoms with van der Waals surface area (Å²) in [6, 6.07) is 10.7. The third kappa shape index (κ3) is 4.18. The first-order valence-electron chi connectivity index (χ1n) is 7.71. The number of benzene rings is 2. The van der Waals surface area contributed by atoms with Gasteiger partial charge in [0.15, 0.2) is 0 Å². The molecular weight excluding hydrogens is 390 g/mol. The van der Waals surface area contributed by atoms with Gasteiger partial charge in [0.05, 0.1) is 7.11 Å². The molecular formula is C18H22BrNO3S. The Morgan fingerprint density at radius 2 is 1.88 bits per heavy atom. The van der Waals surface area contributed by atoms with Gasteiger partial charge >= 0.3 is 0 Å². The van der Waals surface area contributed by atoms with Gasteiger partial charge in [-0.1, -0.05) is 46.6 Å². The molecule has 0 unspecified atom stereocenters. The first kappa shape index (κ1) is 19.0. The highest BCUT2D eigenvalue weighted by Crippen LogP contribution is 2.30. The standard InChI is InChI=1S/C18H22BrNO3S/c1-5-16(15-8-6-12(2)10-13(15)3)20-24(21,22)18-11-14(19)7-9-17(18)23-4/h6-11,16,20H,5H2,1-4H3/t16-/m1/s1. The van der Waals surface area contributed by atoms with Gasteiger partial charge in [-0.15, -0.1) is 0 Å². The van der Waals surface area contributed by atoms with Crippen molar-refractivity contribution in [2.45, 2.75) is 38.1 Å². The molecule has 2 rings (SSSR count). The van der Waals surface area contributed by atoms with Crippen molar-refractivity contribution in [3.05, 3.63) is 57.6 Å². The number of hydrogen-bond donors (Lipinski definition) is 1.